The number of ketones is 1. The summed E-state index contributed by atoms with van der Waals surface area (Å²) in [6, 6.07) is 5.28. The molecule has 0 bridgehead atoms. The number of nitrogens with zero attached hydrogens (tertiary/aromatic N) is 1. The van der Waals surface area contributed by atoms with Crippen molar-refractivity contribution in [1.82, 2.24) is 4.90 Å². The number of nitrogens with one attached hydrogen (secondary N) is 1. The number of alkyl halides is 3. The van der Waals surface area contributed by atoms with E-state index in [1.54, 1.807) is 18.2 Å². The number of benzene rings is 1. The van der Waals surface area contributed by atoms with E-state index in [4.69, 9.17) is 4.74 Å². The van der Waals surface area contributed by atoms with Gasteiger partial charge in [-0.3, -0.25) is 14.4 Å². The molecule has 2 rings (SSSR count). The van der Waals surface area contributed by atoms with E-state index in [1.165, 1.54) is 4.90 Å². The Hall–Kier alpha value is -2.36. The number of piperidine rings is 1. The Morgan fingerprint density at radius 3 is 2.52 bits per heavy atom. The highest BCUT2D eigenvalue weighted by Crippen LogP contribution is 2.21. The SMILES string of the molecule is Cc1cc(NC(=O)COC(=O)C2CCN(/C=C/C(=O)C(F)(F)F)CC2)ccc1Br. The van der Waals surface area contributed by atoms with Gasteiger partial charge in [-0.05, 0) is 43.5 Å². The van der Waals surface area contributed by atoms with Crippen LogP contribution in [0.1, 0.15) is 18.4 Å². The van der Waals surface area contributed by atoms with Gasteiger partial charge < -0.3 is 15.0 Å². The van der Waals surface area contributed by atoms with Gasteiger partial charge in [0.1, 0.15) is 0 Å². The number of carbonyl (C=O) groups is 3. The van der Waals surface area contributed by atoms with Gasteiger partial charge in [0.25, 0.3) is 11.7 Å². The molecule has 0 radical (unpaired) electrons. The highest BCUT2D eigenvalue weighted by atomic mass is 79.9. The second kappa shape index (κ2) is 9.91. The molecule has 0 aromatic heterocycles. The Bertz CT molecular complexity index is 803. The average molecular weight is 477 g/mol. The second-order valence-corrected chi connectivity index (χ2v) is 7.46. The van der Waals surface area contributed by atoms with Gasteiger partial charge in [0, 0.05) is 35.5 Å². The highest BCUT2D eigenvalue weighted by molar-refractivity contribution is 9.10. The van der Waals surface area contributed by atoms with E-state index in [-0.39, 0.29) is 0 Å². The summed E-state index contributed by atoms with van der Waals surface area (Å²) in [5.74, 6) is -3.36. The van der Waals surface area contributed by atoms with Crippen molar-refractivity contribution >= 4 is 39.3 Å². The zero-order valence-corrected chi connectivity index (χ0v) is 17.2. The predicted octanol–water partition coefficient (Wildman–Crippen LogP) is 3.60. The highest BCUT2D eigenvalue weighted by Gasteiger charge is 2.36. The van der Waals surface area contributed by atoms with Crippen LogP contribution in [-0.4, -0.2) is 48.4 Å². The maximum Gasteiger partial charge on any atom is 0.454 e. The first-order chi connectivity index (χ1) is 13.6. The first-order valence-corrected chi connectivity index (χ1v) is 9.61. The molecule has 1 aromatic rings. The van der Waals surface area contributed by atoms with Crippen molar-refractivity contribution in [3.8, 4) is 0 Å². The summed E-state index contributed by atoms with van der Waals surface area (Å²) in [6.45, 7) is 2.08. The number of hydrogen-bond donors (Lipinski definition) is 1. The minimum absolute atomic E-state index is 0.311. The normalized spacial score (nSPS) is 15.4. The van der Waals surface area contributed by atoms with Crippen molar-refractivity contribution in [1.29, 1.82) is 0 Å². The summed E-state index contributed by atoms with van der Waals surface area (Å²) < 4.78 is 42.5. The van der Waals surface area contributed by atoms with E-state index < -0.39 is 36.4 Å². The Balaban J connectivity index is 1.74. The Morgan fingerprint density at radius 1 is 1.28 bits per heavy atom. The number of ether oxygens (including phenoxy) is 1. The molecule has 1 aliphatic heterocycles. The number of hydrogen-bond acceptors (Lipinski definition) is 5. The zero-order valence-electron chi connectivity index (χ0n) is 15.6. The van der Waals surface area contributed by atoms with E-state index >= 15 is 0 Å². The summed E-state index contributed by atoms with van der Waals surface area (Å²) in [5, 5.41) is 2.64. The van der Waals surface area contributed by atoms with E-state index in [1.807, 2.05) is 6.92 Å². The molecule has 1 saturated heterocycles. The molecule has 1 N–H and O–H groups in total. The molecule has 0 saturated carbocycles. The Morgan fingerprint density at radius 2 is 1.93 bits per heavy atom. The van der Waals surface area contributed by atoms with Crippen LogP contribution < -0.4 is 5.32 Å². The maximum absolute atomic E-state index is 12.2. The van der Waals surface area contributed by atoms with Crippen LogP contribution in [0.4, 0.5) is 18.9 Å². The van der Waals surface area contributed by atoms with Crippen LogP contribution >= 0.6 is 15.9 Å². The number of allylic oxidation sites excluding steroid dienone is 1. The number of anilines is 1. The predicted molar refractivity (Wildman–Crippen MR) is 103 cm³/mol. The van der Waals surface area contributed by atoms with Crippen LogP contribution in [-0.2, 0) is 19.1 Å². The van der Waals surface area contributed by atoms with Gasteiger partial charge in [0.2, 0.25) is 0 Å². The van der Waals surface area contributed by atoms with Gasteiger partial charge >= 0.3 is 12.1 Å². The average Bonchev–Trinajstić information content (AvgIpc) is 2.66. The molecule has 1 heterocycles. The van der Waals surface area contributed by atoms with Gasteiger partial charge in [0.15, 0.2) is 6.61 Å². The molecule has 1 amide bonds. The maximum atomic E-state index is 12.2. The fourth-order valence-corrected chi connectivity index (χ4v) is 2.97. The van der Waals surface area contributed by atoms with E-state index in [9.17, 15) is 27.6 Å². The van der Waals surface area contributed by atoms with Gasteiger partial charge in [-0.2, -0.15) is 13.2 Å². The lowest BCUT2D eigenvalue weighted by Gasteiger charge is -2.29. The summed E-state index contributed by atoms with van der Waals surface area (Å²) in [5.41, 5.74) is 1.53. The molecule has 10 heteroatoms. The van der Waals surface area contributed by atoms with Gasteiger partial charge in [-0.15, -0.1) is 0 Å². The minimum atomic E-state index is -4.89. The third-order valence-electron chi connectivity index (χ3n) is 4.37. The van der Waals surface area contributed by atoms with Crippen LogP contribution in [0.3, 0.4) is 0 Å². The summed E-state index contributed by atoms with van der Waals surface area (Å²) in [4.78, 5) is 36.4. The molecule has 29 heavy (non-hydrogen) atoms. The Labute approximate surface area is 174 Å². The lowest BCUT2D eigenvalue weighted by Crippen LogP contribution is -2.35. The first kappa shape index (κ1) is 22.9. The quantitative estimate of drug-likeness (QED) is 0.501. The van der Waals surface area contributed by atoms with Crippen LogP contribution in [0, 0.1) is 12.8 Å². The second-order valence-electron chi connectivity index (χ2n) is 6.61. The van der Waals surface area contributed by atoms with E-state index in [2.05, 4.69) is 21.2 Å². The van der Waals surface area contributed by atoms with Crippen LogP contribution in [0.5, 0.6) is 0 Å². The van der Waals surface area contributed by atoms with E-state index in [0.29, 0.717) is 37.7 Å². The third-order valence-corrected chi connectivity index (χ3v) is 5.26. The standard InChI is InChI=1S/C19H20BrF3N2O4/c1-12-10-14(2-3-15(12)20)24-17(27)11-29-18(28)13-4-7-25(8-5-13)9-6-16(26)19(21,22)23/h2-3,6,9-10,13H,4-5,7-8,11H2,1H3,(H,24,27)/b9-6+. The molecule has 0 unspecified atom stereocenters. The van der Waals surface area contributed by atoms with Crippen LogP contribution in [0.15, 0.2) is 34.9 Å². The largest absolute Gasteiger partial charge is 0.455 e. The van der Waals surface area contributed by atoms with Crippen LogP contribution in [0.25, 0.3) is 0 Å². The van der Waals surface area contributed by atoms with Crippen molar-refractivity contribution in [3.05, 3.63) is 40.5 Å². The number of halogens is 4. The first-order valence-electron chi connectivity index (χ1n) is 8.82. The fraction of sp³-hybridized carbons (Fsp3) is 0.421. The number of rotatable bonds is 6. The number of esters is 1. The zero-order chi connectivity index (χ0) is 21.6. The fourth-order valence-electron chi connectivity index (χ4n) is 2.73. The van der Waals surface area contributed by atoms with Gasteiger partial charge in [-0.1, -0.05) is 15.9 Å². The molecule has 0 spiro atoms. The topological polar surface area (TPSA) is 75.7 Å². The molecule has 1 aliphatic rings. The Kier molecular flexibility index (Phi) is 7.83. The van der Waals surface area contributed by atoms with Crippen molar-refractivity contribution < 1.29 is 32.3 Å². The molecule has 1 aromatic carbocycles. The monoisotopic (exact) mass is 476 g/mol. The molecule has 1 fully saturated rings. The number of carbonyl (C=O) groups excluding carboxylic acids is 3. The van der Waals surface area contributed by atoms with Crippen molar-refractivity contribution in [2.75, 3.05) is 25.0 Å². The van der Waals surface area contributed by atoms with Crippen molar-refractivity contribution in [3.63, 3.8) is 0 Å². The van der Waals surface area contributed by atoms with Crippen molar-refractivity contribution in [2.24, 2.45) is 5.92 Å². The molecule has 6 nitrogen and oxygen atoms in total. The minimum Gasteiger partial charge on any atom is -0.455 e. The molecular weight excluding hydrogens is 457 g/mol. The third kappa shape index (κ3) is 7.19. The van der Waals surface area contributed by atoms with Crippen molar-refractivity contribution in [2.45, 2.75) is 25.9 Å². The lowest BCUT2D eigenvalue weighted by atomic mass is 9.97. The van der Waals surface area contributed by atoms with Gasteiger partial charge in [0.05, 0.1) is 5.92 Å². The number of amides is 1. The molecular formula is C19H20BrF3N2O4. The summed E-state index contributed by atoms with van der Waals surface area (Å²) in [7, 11) is 0. The molecule has 0 atom stereocenters. The summed E-state index contributed by atoms with van der Waals surface area (Å²) in [6.07, 6.45) is -2.61. The smallest absolute Gasteiger partial charge is 0.454 e. The number of aryl methyl sites for hydroxylation is 1. The molecule has 158 valence electrons. The van der Waals surface area contributed by atoms with Crippen LogP contribution in [0.2, 0.25) is 0 Å². The lowest BCUT2D eigenvalue weighted by molar-refractivity contribution is -0.165. The summed E-state index contributed by atoms with van der Waals surface area (Å²) >= 11 is 3.36. The molecule has 0 aliphatic carbocycles. The number of likely N-dealkylation sites (tertiary alicyclic amines) is 1. The van der Waals surface area contributed by atoms with Gasteiger partial charge in [-0.25, -0.2) is 0 Å². The van der Waals surface area contributed by atoms with E-state index in [0.717, 1.165) is 16.2 Å².